The van der Waals surface area contributed by atoms with Crippen LogP contribution in [0, 0.1) is 0 Å². The van der Waals surface area contributed by atoms with Crippen LogP contribution in [0.5, 0.6) is 0 Å². The minimum atomic E-state index is -0.0424. The summed E-state index contributed by atoms with van der Waals surface area (Å²) in [6, 6.07) is 0. The van der Waals surface area contributed by atoms with Gasteiger partial charge in [0.25, 0.3) is 0 Å². The maximum absolute atomic E-state index is 5.47. The van der Waals surface area contributed by atoms with E-state index in [4.69, 9.17) is 17.2 Å². The van der Waals surface area contributed by atoms with E-state index in [0.29, 0.717) is 0 Å². The van der Waals surface area contributed by atoms with Crippen molar-refractivity contribution in [3.05, 3.63) is 0 Å². The third kappa shape index (κ3) is 2.11. The molecule has 0 spiro atoms. The number of hydrogen-bond donors (Lipinski definition) is 3. The summed E-state index contributed by atoms with van der Waals surface area (Å²) < 4.78 is 0. The molecule has 1 aliphatic rings. The topological polar surface area (TPSA) is 103 Å². The molecule has 0 saturated heterocycles. The van der Waals surface area contributed by atoms with Crippen LogP contribution in [0.3, 0.4) is 0 Å². The van der Waals surface area contributed by atoms with Gasteiger partial charge in [0.15, 0.2) is 5.96 Å². The van der Waals surface area contributed by atoms with Gasteiger partial charge in [-0.3, -0.25) is 0 Å². The van der Waals surface area contributed by atoms with Gasteiger partial charge in [0, 0.05) is 0 Å². The van der Waals surface area contributed by atoms with Crippen molar-refractivity contribution in [1.82, 2.24) is 0 Å². The largest absolute Gasteiger partial charge is 0.370 e. The lowest BCUT2D eigenvalue weighted by molar-refractivity contribution is 0.279. The van der Waals surface area contributed by atoms with E-state index < -0.39 is 0 Å². The number of guanidine groups is 2. The van der Waals surface area contributed by atoms with Crippen LogP contribution in [0.4, 0.5) is 0 Å². The van der Waals surface area contributed by atoms with Crippen molar-refractivity contribution in [3.63, 3.8) is 0 Å². The summed E-state index contributed by atoms with van der Waals surface area (Å²) in [6.45, 7) is 2.05. The minimum absolute atomic E-state index is 0.0248. The van der Waals surface area contributed by atoms with Gasteiger partial charge in [0.2, 0.25) is 5.96 Å². The molecule has 68 valence electrons. The van der Waals surface area contributed by atoms with Crippen molar-refractivity contribution in [1.29, 1.82) is 0 Å². The van der Waals surface area contributed by atoms with Gasteiger partial charge in [-0.25, -0.2) is 4.99 Å². The molecule has 0 atom stereocenters. The third-order valence-electron chi connectivity index (χ3n) is 2.06. The van der Waals surface area contributed by atoms with Crippen LogP contribution in [0.25, 0.3) is 0 Å². The molecule has 5 heteroatoms. The first-order chi connectivity index (χ1) is 5.52. The fourth-order valence-electron chi connectivity index (χ4n) is 1.23. The van der Waals surface area contributed by atoms with Gasteiger partial charge in [-0.15, -0.1) is 0 Å². The number of rotatable bonds is 1. The summed E-state index contributed by atoms with van der Waals surface area (Å²) in [5.41, 5.74) is 15.7. The molecule has 5 nitrogen and oxygen atoms in total. The summed E-state index contributed by atoms with van der Waals surface area (Å²) in [5, 5.41) is 0. The average Bonchev–Trinajstić information content (AvgIpc) is 1.81. The second-order valence-corrected chi connectivity index (χ2v) is 3.36. The van der Waals surface area contributed by atoms with Gasteiger partial charge >= 0.3 is 0 Å². The Morgan fingerprint density at radius 1 is 1.25 bits per heavy atom. The third-order valence-corrected chi connectivity index (χ3v) is 2.06. The Labute approximate surface area is 71.7 Å². The Balaban J connectivity index is 2.61. The quantitative estimate of drug-likeness (QED) is 0.364. The molecule has 0 aliphatic heterocycles. The lowest BCUT2D eigenvalue weighted by Crippen LogP contribution is -2.34. The standard InChI is InChI=1S/C7H15N5/c1-7(3-2-4-7)12-6(10)11-5(8)9/h2-4H2,1H3,(H6,8,9,10,11,12). The van der Waals surface area contributed by atoms with Crippen LogP contribution in [-0.2, 0) is 0 Å². The van der Waals surface area contributed by atoms with Gasteiger partial charge in [0.05, 0.1) is 5.54 Å². The van der Waals surface area contributed by atoms with Gasteiger partial charge in [0.1, 0.15) is 0 Å². The van der Waals surface area contributed by atoms with Crippen molar-refractivity contribution in [2.24, 2.45) is 27.2 Å². The maximum atomic E-state index is 5.47. The van der Waals surface area contributed by atoms with Crippen LogP contribution in [-0.4, -0.2) is 17.5 Å². The van der Waals surface area contributed by atoms with Gasteiger partial charge in [-0.2, -0.15) is 4.99 Å². The molecule has 0 heterocycles. The molecule has 0 radical (unpaired) electrons. The van der Waals surface area contributed by atoms with E-state index in [2.05, 4.69) is 9.98 Å². The zero-order chi connectivity index (χ0) is 9.19. The van der Waals surface area contributed by atoms with Gasteiger partial charge < -0.3 is 17.2 Å². The van der Waals surface area contributed by atoms with E-state index in [1.54, 1.807) is 0 Å². The Hall–Kier alpha value is -1.26. The molecule has 0 unspecified atom stereocenters. The zero-order valence-corrected chi connectivity index (χ0v) is 7.25. The molecule has 1 saturated carbocycles. The predicted molar refractivity (Wildman–Crippen MR) is 49.7 cm³/mol. The molecule has 0 amide bonds. The second-order valence-electron chi connectivity index (χ2n) is 3.36. The second kappa shape index (κ2) is 3.00. The van der Waals surface area contributed by atoms with Crippen LogP contribution >= 0.6 is 0 Å². The molecular formula is C7H15N5. The van der Waals surface area contributed by atoms with E-state index >= 15 is 0 Å². The van der Waals surface area contributed by atoms with Crippen molar-refractivity contribution < 1.29 is 0 Å². The first kappa shape index (κ1) is 8.83. The molecule has 1 fully saturated rings. The van der Waals surface area contributed by atoms with Crippen LogP contribution in [0.1, 0.15) is 26.2 Å². The van der Waals surface area contributed by atoms with Crippen molar-refractivity contribution >= 4 is 11.9 Å². The Morgan fingerprint density at radius 3 is 2.17 bits per heavy atom. The average molecular weight is 169 g/mol. The van der Waals surface area contributed by atoms with Crippen LogP contribution in [0.15, 0.2) is 9.98 Å². The Morgan fingerprint density at radius 2 is 1.83 bits per heavy atom. The highest BCUT2D eigenvalue weighted by molar-refractivity contribution is 5.92. The lowest BCUT2D eigenvalue weighted by Gasteiger charge is -2.33. The van der Waals surface area contributed by atoms with E-state index in [1.807, 2.05) is 6.92 Å². The maximum Gasteiger partial charge on any atom is 0.219 e. The Kier molecular flexibility index (Phi) is 2.21. The molecule has 0 aromatic rings. The van der Waals surface area contributed by atoms with Crippen molar-refractivity contribution in [2.45, 2.75) is 31.7 Å². The summed E-state index contributed by atoms with van der Waals surface area (Å²) in [5.74, 6) is 0.136. The first-order valence-electron chi connectivity index (χ1n) is 3.97. The van der Waals surface area contributed by atoms with E-state index in [1.165, 1.54) is 6.42 Å². The highest BCUT2D eigenvalue weighted by Crippen LogP contribution is 2.34. The Bertz CT molecular complexity index is 222. The fraction of sp³-hybridized carbons (Fsp3) is 0.714. The zero-order valence-electron chi connectivity index (χ0n) is 7.25. The first-order valence-corrected chi connectivity index (χ1v) is 3.97. The number of nitrogens with zero attached hydrogens (tertiary/aromatic N) is 2. The number of nitrogens with two attached hydrogens (primary N) is 3. The van der Waals surface area contributed by atoms with Crippen molar-refractivity contribution in [3.8, 4) is 0 Å². The molecule has 1 rings (SSSR count). The van der Waals surface area contributed by atoms with E-state index in [9.17, 15) is 0 Å². The van der Waals surface area contributed by atoms with Crippen LogP contribution < -0.4 is 17.2 Å². The number of hydrogen-bond acceptors (Lipinski definition) is 1. The smallest absolute Gasteiger partial charge is 0.219 e. The number of aliphatic imine (C=N–C) groups is 2. The summed E-state index contributed by atoms with van der Waals surface area (Å²) in [4.78, 5) is 7.85. The normalized spacial score (nSPS) is 21.2. The van der Waals surface area contributed by atoms with E-state index in [-0.39, 0.29) is 17.5 Å². The van der Waals surface area contributed by atoms with Crippen molar-refractivity contribution in [2.75, 3.05) is 0 Å². The predicted octanol–water partition coefficient (Wildman–Crippen LogP) is -0.483. The molecule has 0 aromatic heterocycles. The van der Waals surface area contributed by atoms with Crippen LogP contribution in [0.2, 0.25) is 0 Å². The SMILES string of the molecule is CC1(N=C(N)N=C(N)N)CCC1. The molecule has 0 bridgehead atoms. The lowest BCUT2D eigenvalue weighted by atomic mass is 9.79. The van der Waals surface area contributed by atoms with Gasteiger partial charge in [-0.1, -0.05) is 0 Å². The molecule has 0 aromatic carbocycles. The molecule has 6 N–H and O–H groups in total. The highest BCUT2D eigenvalue weighted by Gasteiger charge is 2.31. The molecule has 1 aliphatic carbocycles. The minimum Gasteiger partial charge on any atom is -0.370 e. The molecule has 12 heavy (non-hydrogen) atoms. The monoisotopic (exact) mass is 169 g/mol. The fourth-order valence-corrected chi connectivity index (χ4v) is 1.23. The summed E-state index contributed by atoms with van der Waals surface area (Å²) >= 11 is 0. The highest BCUT2D eigenvalue weighted by atomic mass is 15.1. The van der Waals surface area contributed by atoms with Gasteiger partial charge in [-0.05, 0) is 26.2 Å². The van der Waals surface area contributed by atoms with E-state index in [0.717, 1.165) is 12.8 Å². The molecular weight excluding hydrogens is 154 g/mol. The summed E-state index contributed by atoms with van der Waals surface area (Å²) in [6.07, 6.45) is 3.33. The summed E-state index contributed by atoms with van der Waals surface area (Å²) in [7, 11) is 0.